The molecular formula is C17H12O3S. The molecule has 1 heterocycles. The maximum atomic E-state index is 12.6. The van der Waals surface area contributed by atoms with Crippen molar-refractivity contribution in [2.45, 2.75) is 11.8 Å². The molecule has 0 saturated heterocycles. The largest absolute Gasteiger partial charge is 0.455 e. The van der Waals surface area contributed by atoms with Crippen molar-refractivity contribution < 1.29 is 9.21 Å². The van der Waals surface area contributed by atoms with Gasteiger partial charge in [0, 0.05) is 12.5 Å². The van der Waals surface area contributed by atoms with Crippen LogP contribution in [0.5, 0.6) is 0 Å². The van der Waals surface area contributed by atoms with Gasteiger partial charge in [0.25, 0.3) is 0 Å². The van der Waals surface area contributed by atoms with E-state index in [1.807, 2.05) is 36.4 Å². The number of fused-ring (bicyclic) bond motifs is 1. The fourth-order valence-corrected chi connectivity index (χ4v) is 2.88. The van der Waals surface area contributed by atoms with Gasteiger partial charge in [-0.3, -0.25) is 9.59 Å². The third-order valence-corrected chi connectivity index (χ3v) is 3.90. The second-order valence-corrected chi connectivity index (χ2v) is 5.73. The van der Waals surface area contributed by atoms with Crippen molar-refractivity contribution in [3.8, 4) is 11.3 Å². The molecule has 4 heteroatoms. The van der Waals surface area contributed by atoms with Gasteiger partial charge in [-0.1, -0.05) is 42.5 Å². The Bertz CT molecular complexity index is 866. The van der Waals surface area contributed by atoms with Crippen molar-refractivity contribution in [1.29, 1.82) is 0 Å². The van der Waals surface area contributed by atoms with Crippen LogP contribution in [0.3, 0.4) is 0 Å². The van der Waals surface area contributed by atoms with Crippen LogP contribution in [-0.4, -0.2) is 5.12 Å². The van der Waals surface area contributed by atoms with Gasteiger partial charge in [0.15, 0.2) is 10.9 Å². The number of hydrogen-bond acceptors (Lipinski definition) is 4. The van der Waals surface area contributed by atoms with Gasteiger partial charge in [-0.25, -0.2) is 0 Å². The van der Waals surface area contributed by atoms with Crippen LogP contribution >= 0.6 is 11.8 Å². The predicted octanol–water partition coefficient (Wildman–Crippen LogP) is 4.10. The summed E-state index contributed by atoms with van der Waals surface area (Å²) < 4.78 is 5.89. The zero-order valence-corrected chi connectivity index (χ0v) is 12.1. The number of rotatable bonds is 2. The first-order chi connectivity index (χ1) is 10.2. The third-order valence-electron chi connectivity index (χ3n) is 3.04. The minimum atomic E-state index is -0.170. The first-order valence-corrected chi connectivity index (χ1v) is 7.28. The van der Waals surface area contributed by atoms with E-state index in [1.165, 1.54) is 6.92 Å². The van der Waals surface area contributed by atoms with E-state index in [0.29, 0.717) is 21.6 Å². The van der Waals surface area contributed by atoms with E-state index in [4.69, 9.17) is 4.42 Å². The molecule has 0 atom stereocenters. The van der Waals surface area contributed by atoms with E-state index in [-0.39, 0.29) is 10.5 Å². The third kappa shape index (κ3) is 2.62. The van der Waals surface area contributed by atoms with E-state index < -0.39 is 0 Å². The lowest BCUT2D eigenvalue weighted by atomic mass is 10.1. The van der Waals surface area contributed by atoms with Crippen LogP contribution < -0.4 is 5.43 Å². The number of para-hydroxylation sites is 1. The van der Waals surface area contributed by atoms with E-state index in [0.717, 1.165) is 17.3 Å². The van der Waals surface area contributed by atoms with Crippen molar-refractivity contribution in [1.82, 2.24) is 0 Å². The van der Waals surface area contributed by atoms with Crippen molar-refractivity contribution in [2.24, 2.45) is 0 Å². The minimum Gasteiger partial charge on any atom is -0.455 e. The van der Waals surface area contributed by atoms with Crippen LogP contribution in [0.25, 0.3) is 22.3 Å². The summed E-state index contributed by atoms with van der Waals surface area (Å²) in [6.07, 6.45) is 0. The molecule has 0 amide bonds. The van der Waals surface area contributed by atoms with Crippen LogP contribution in [0.15, 0.2) is 68.7 Å². The lowest BCUT2D eigenvalue weighted by Crippen LogP contribution is -2.07. The number of hydrogen-bond donors (Lipinski definition) is 0. The molecule has 3 nitrogen and oxygen atoms in total. The molecule has 0 bridgehead atoms. The highest BCUT2D eigenvalue weighted by atomic mass is 32.2. The Balaban J connectivity index is 2.36. The molecule has 3 aromatic rings. The van der Waals surface area contributed by atoms with Crippen molar-refractivity contribution in [3.05, 3.63) is 64.8 Å². The van der Waals surface area contributed by atoms with Gasteiger partial charge in [-0.05, 0) is 23.9 Å². The molecule has 0 aliphatic heterocycles. The van der Waals surface area contributed by atoms with Gasteiger partial charge < -0.3 is 4.42 Å². The smallest absolute Gasteiger partial charge is 0.207 e. The second-order valence-electron chi connectivity index (χ2n) is 4.55. The Hall–Kier alpha value is -2.33. The molecule has 0 radical (unpaired) electrons. The van der Waals surface area contributed by atoms with Gasteiger partial charge in [-0.2, -0.15) is 0 Å². The van der Waals surface area contributed by atoms with Gasteiger partial charge in [0.05, 0.1) is 5.39 Å². The molecule has 2 aromatic carbocycles. The SMILES string of the molecule is CC(=O)Sc1c(-c2ccccc2)oc2ccccc2c1=O. The molecule has 1 aromatic heterocycles. The number of carbonyl (C=O) groups excluding carboxylic acids is 1. The molecule has 104 valence electrons. The number of carbonyl (C=O) groups is 1. The zero-order valence-electron chi connectivity index (χ0n) is 11.3. The van der Waals surface area contributed by atoms with Gasteiger partial charge >= 0.3 is 0 Å². The molecule has 0 unspecified atom stereocenters. The molecule has 0 N–H and O–H groups in total. The Morgan fingerprint density at radius 1 is 1.00 bits per heavy atom. The second kappa shape index (κ2) is 5.58. The monoisotopic (exact) mass is 296 g/mol. The fourth-order valence-electron chi connectivity index (χ4n) is 2.14. The fraction of sp³-hybridized carbons (Fsp3) is 0.0588. The van der Waals surface area contributed by atoms with E-state index in [9.17, 15) is 9.59 Å². The van der Waals surface area contributed by atoms with Gasteiger partial charge in [-0.15, -0.1) is 0 Å². The standard InChI is InChI=1S/C17H12O3S/c1-11(18)21-17-15(19)13-9-5-6-10-14(13)20-16(17)12-7-3-2-4-8-12/h2-10H,1H3. The topological polar surface area (TPSA) is 47.3 Å². The summed E-state index contributed by atoms with van der Waals surface area (Å²) in [4.78, 5) is 24.4. The Morgan fingerprint density at radius 2 is 1.67 bits per heavy atom. The Kier molecular flexibility index (Phi) is 3.62. The maximum Gasteiger partial charge on any atom is 0.207 e. The predicted molar refractivity (Wildman–Crippen MR) is 84.5 cm³/mol. The average Bonchev–Trinajstić information content (AvgIpc) is 2.50. The minimum absolute atomic E-state index is 0.144. The van der Waals surface area contributed by atoms with Gasteiger partial charge in [0.1, 0.15) is 10.5 Å². The van der Waals surface area contributed by atoms with Crippen LogP contribution in [0, 0.1) is 0 Å². The summed E-state index contributed by atoms with van der Waals surface area (Å²) in [6, 6.07) is 16.4. The molecule has 0 fully saturated rings. The highest BCUT2D eigenvalue weighted by Gasteiger charge is 2.17. The Morgan fingerprint density at radius 3 is 2.38 bits per heavy atom. The first kappa shape index (κ1) is 13.6. The summed E-state index contributed by atoms with van der Waals surface area (Å²) in [5.41, 5.74) is 1.13. The summed E-state index contributed by atoms with van der Waals surface area (Å²) in [5.74, 6) is 0.444. The van der Waals surface area contributed by atoms with Crippen LogP contribution in [0.2, 0.25) is 0 Å². The summed E-state index contributed by atoms with van der Waals surface area (Å²) in [7, 11) is 0. The molecule has 0 aliphatic carbocycles. The zero-order chi connectivity index (χ0) is 14.8. The normalized spacial score (nSPS) is 10.7. The van der Waals surface area contributed by atoms with Gasteiger partial charge in [0.2, 0.25) is 5.43 Å². The lowest BCUT2D eigenvalue weighted by molar-refractivity contribution is -0.109. The Labute approximate surface area is 125 Å². The summed E-state index contributed by atoms with van der Waals surface area (Å²) >= 11 is 0.916. The molecule has 21 heavy (non-hydrogen) atoms. The summed E-state index contributed by atoms with van der Waals surface area (Å²) in [5, 5.41) is 0.343. The molecule has 0 aliphatic rings. The van der Waals surface area contributed by atoms with E-state index in [1.54, 1.807) is 18.2 Å². The van der Waals surface area contributed by atoms with Crippen molar-refractivity contribution in [3.63, 3.8) is 0 Å². The van der Waals surface area contributed by atoms with Crippen molar-refractivity contribution >= 4 is 27.8 Å². The van der Waals surface area contributed by atoms with Crippen LogP contribution in [0.4, 0.5) is 0 Å². The molecule has 3 rings (SSSR count). The van der Waals surface area contributed by atoms with Crippen LogP contribution in [-0.2, 0) is 4.79 Å². The quantitative estimate of drug-likeness (QED) is 0.668. The first-order valence-electron chi connectivity index (χ1n) is 6.46. The number of thioether (sulfide) groups is 1. The lowest BCUT2D eigenvalue weighted by Gasteiger charge is -2.08. The molecule has 0 saturated carbocycles. The van der Waals surface area contributed by atoms with E-state index in [2.05, 4.69) is 0 Å². The summed E-state index contributed by atoms with van der Waals surface area (Å²) in [6.45, 7) is 1.44. The van der Waals surface area contributed by atoms with E-state index >= 15 is 0 Å². The average molecular weight is 296 g/mol. The van der Waals surface area contributed by atoms with Crippen LogP contribution in [0.1, 0.15) is 6.92 Å². The highest BCUT2D eigenvalue weighted by Crippen LogP contribution is 2.32. The number of benzene rings is 2. The van der Waals surface area contributed by atoms with Crippen molar-refractivity contribution in [2.75, 3.05) is 0 Å². The maximum absolute atomic E-state index is 12.6. The molecular weight excluding hydrogens is 284 g/mol. The molecule has 0 spiro atoms. The highest BCUT2D eigenvalue weighted by molar-refractivity contribution is 8.13.